The molecule has 0 spiro atoms. The fourth-order valence-electron chi connectivity index (χ4n) is 5.28. The van der Waals surface area contributed by atoms with Crippen LogP contribution >= 0.6 is 11.8 Å². The van der Waals surface area contributed by atoms with E-state index in [-0.39, 0.29) is 30.8 Å². The number of rotatable bonds is 9. The number of amidine groups is 1. The molecule has 1 aromatic carbocycles. The van der Waals surface area contributed by atoms with E-state index < -0.39 is 12.0 Å². The van der Waals surface area contributed by atoms with Crippen LogP contribution in [0.2, 0.25) is 0 Å². The Labute approximate surface area is 234 Å². The van der Waals surface area contributed by atoms with Gasteiger partial charge in [-0.1, -0.05) is 35.5 Å². The van der Waals surface area contributed by atoms with E-state index in [1.54, 1.807) is 18.9 Å². The highest BCUT2D eigenvalue weighted by Crippen LogP contribution is 2.45. The first kappa shape index (κ1) is 28.9. The summed E-state index contributed by atoms with van der Waals surface area (Å²) in [4.78, 5) is 47.7. The average molecular weight is 556 g/mol. The van der Waals surface area contributed by atoms with Crippen molar-refractivity contribution in [3.63, 3.8) is 0 Å². The molecular formula is C29H37N3O6S. The number of hydrogen-bond donors (Lipinski definition) is 0. The predicted molar refractivity (Wildman–Crippen MR) is 150 cm³/mol. The summed E-state index contributed by atoms with van der Waals surface area (Å²) in [6.07, 6.45) is 1.61. The Morgan fingerprint density at radius 3 is 2.64 bits per heavy atom. The number of amides is 1. The smallest absolute Gasteiger partial charge is 0.338 e. The first-order valence-corrected chi connectivity index (χ1v) is 14.2. The number of hydrogen-bond acceptors (Lipinski definition) is 9. The van der Waals surface area contributed by atoms with Gasteiger partial charge in [0.2, 0.25) is 5.91 Å². The van der Waals surface area contributed by atoms with Gasteiger partial charge in [-0.05, 0) is 57.1 Å². The fraction of sp³-hybridized carbons (Fsp3) is 0.517. The number of benzene rings is 1. The number of thioether (sulfide) groups is 1. The van der Waals surface area contributed by atoms with Gasteiger partial charge in [-0.2, -0.15) is 0 Å². The number of ether oxygens (including phenoxy) is 3. The molecule has 1 amide bonds. The zero-order valence-electron chi connectivity index (χ0n) is 23.3. The Morgan fingerprint density at radius 2 is 1.92 bits per heavy atom. The van der Waals surface area contributed by atoms with Gasteiger partial charge in [0.05, 0.1) is 42.9 Å². The maximum atomic E-state index is 13.5. The van der Waals surface area contributed by atoms with E-state index in [4.69, 9.17) is 19.2 Å². The molecule has 9 nitrogen and oxygen atoms in total. The summed E-state index contributed by atoms with van der Waals surface area (Å²) in [6.45, 7) is 9.38. The van der Waals surface area contributed by atoms with Gasteiger partial charge >= 0.3 is 11.9 Å². The molecule has 0 radical (unpaired) electrons. The topological polar surface area (TPSA) is 97.7 Å². The van der Waals surface area contributed by atoms with Crippen LogP contribution in [0.3, 0.4) is 0 Å². The Morgan fingerprint density at radius 1 is 1.13 bits per heavy atom. The molecule has 0 N–H and O–H groups in total. The van der Waals surface area contributed by atoms with E-state index in [9.17, 15) is 14.4 Å². The highest BCUT2D eigenvalue weighted by molar-refractivity contribution is 8.16. The normalized spacial score (nSPS) is 20.8. The molecule has 3 aliphatic rings. The highest BCUT2D eigenvalue weighted by Gasteiger charge is 2.42. The van der Waals surface area contributed by atoms with E-state index in [0.29, 0.717) is 37.6 Å². The Bertz CT molecular complexity index is 1220. The molecule has 10 heteroatoms. The summed E-state index contributed by atoms with van der Waals surface area (Å²) >= 11 is 1.44. The van der Waals surface area contributed by atoms with Crippen molar-refractivity contribution < 1.29 is 28.6 Å². The van der Waals surface area contributed by atoms with E-state index in [0.717, 1.165) is 40.4 Å². The van der Waals surface area contributed by atoms with Gasteiger partial charge in [-0.3, -0.25) is 9.59 Å². The monoisotopic (exact) mass is 555 g/mol. The fourth-order valence-corrected chi connectivity index (χ4v) is 6.24. The van der Waals surface area contributed by atoms with Crippen LogP contribution < -0.4 is 0 Å². The molecule has 0 saturated carbocycles. The SMILES string of the molecule is CCOC(=O)C1CCCN(C(=O)CC2=CSC3=NC(C)=C(C(=O)OCCOC)C(c4ccc(C)cc4C)N23)C1. The lowest BCUT2D eigenvalue weighted by atomic mass is 9.90. The number of piperidine rings is 1. The van der Waals surface area contributed by atoms with Crippen molar-refractivity contribution in [3.05, 3.63) is 57.3 Å². The number of methoxy groups -OCH3 is 1. The van der Waals surface area contributed by atoms with Gasteiger partial charge in [0.1, 0.15) is 6.61 Å². The zero-order chi connectivity index (χ0) is 28.1. The van der Waals surface area contributed by atoms with Crippen molar-refractivity contribution in [2.24, 2.45) is 10.9 Å². The van der Waals surface area contributed by atoms with E-state index in [2.05, 4.69) is 6.07 Å². The standard InChI is InChI=1S/C29H37N3O6S/c1-6-37-27(34)21-8-7-11-31(16-21)24(33)15-22-17-39-29-30-20(4)25(28(35)38-13-12-36-5)26(32(22)29)23-10-9-18(2)14-19(23)3/h9-10,14,17,21,26H,6-8,11-13,15-16H2,1-5H3. The number of nitrogens with zero attached hydrogens (tertiary/aromatic N) is 3. The number of allylic oxidation sites excluding steroid dienone is 1. The lowest BCUT2D eigenvalue weighted by Crippen LogP contribution is -2.44. The maximum Gasteiger partial charge on any atom is 0.338 e. The van der Waals surface area contributed by atoms with Gasteiger partial charge in [-0.25, -0.2) is 9.79 Å². The second-order valence-corrected chi connectivity index (χ2v) is 10.8. The average Bonchev–Trinajstić information content (AvgIpc) is 3.30. The molecule has 39 heavy (non-hydrogen) atoms. The minimum absolute atomic E-state index is 0.0630. The molecule has 1 aromatic rings. The van der Waals surface area contributed by atoms with E-state index in [1.165, 1.54) is 11.8 Å². The van der Waals surface area contributed by atoms with Crippen LogP contribution in [0.4, 0.5) is 0 Å². The Kier molecular flexibility index (Phi) is 9.50. The number of carbonyl (C=O) groups is 3. The van der Waals surface area contributed by atoms with Crippen LogP contribution in [0, 0.1) is 19.8 Å². The van der Waals surface area contributed by atoms with Gasteiger partial charge in [0.15, 0.2) is 5.17 Å². The number of likely N-dealkylation sites (tertiary alicyclic amines) is 1. The summed E-state index contributed by atoms with van der Waals surface area (Å²) < 4.78 is 15.8. The van der Waals surface area contributed by atoms with Crippen LogP contribution in [-0.2, 0) is 28.6 Å². The summed E-state index contributed by atoms with van der Waals surface area (Å²) in [6, 6.07) is 5.66. The number of aliphatic imine (C=N–C) groups is 1. The zero-order valence-corrected chi connectivity index (χ0v) is 24.1. The summed E-state index contributed by atoms with van der Waals surface area (Å²) in [5.41, 5.74) is 4.91. The van der Waals surface area contributed by atoms with Crippen molar-refractivity contribution in [3.8, 4) is 0 Å². The lowest BCUT2D eigenvalue weighted by molar-refractivity contribution is -0.151. The second kappa shape index (κ2) is 12.8. The quantitative estimate of drug-likeness (QED) is 0.329. The van der Waals surface area contributed by atoms with Crippen molar-refractivity contribution in [2.45, 2.75) is 53.0 Å². The van der Waals surface area contributed by atoms with Crippen molar-refractivity contribution in [1.29, 1.82) is 0 Å². The van der Waals surface area contributed by atoms with Crippen LogP contribution in [0.1, 0.15) is 55.8 Å². The second-order valence-electron chi connectivity index (χ2n) is 9.99. The molecule has 4 rings (SSSR count). The first-order valence-electron chi connectivity index (χ1n) is 13.4. The Balaban J connectivity index is 1.62. The van der Waals surface area contributed by atoms with Crippen LogP contribution in [-0.4, -0.2) is 72.8 Å². The minimum atomic E-state index is -0.490. The van der Waals surface area contributed by atoms with Crippen LogP contribution in [0.15, 0.2) is 45.6 Å². The summed E-state index contributed by atoms with van der Waals surface area (Å²) in [5.74, 6) is -1.06. The largest absolute Gasteiger partial charge is 0.466 e. The molecule has 1 fully saturated rings. The first-order chi connectivity index (χ1) is 18.7. The summed E-state index contributed by atoms with van der Waals surface area (Å²) in [5, 5.41) is 2.66. The van der Waals surface area contributed by atoms with Crippen molar-refractivity contribution in [1.82, 2.24) is 9.80 Å². The third-order valence-electron chi connectivity index (χ3n) is 7.19. The van der Waals surface area contributed by atoms with Gasteiger partial charge in [0.25, 0.3) is 0 Å². The molecule has 2 unspecified atom stereocenters. The highest BCUT2D eigenvalue weighted by atomic mass is 32.2. The van der Waals surface area contributed by atoms with Crippen molar-refractivity contribution in [2.75, 3.05) is 40.0 Å². The number of fused-ring (bicyclic) bond motifs is 1. The molecule has 3 aliphatic heterocycles. The van der Waals surface area contributed by atoms with E-state index in [1.807, 2.05) is 43.2 Å². The van der Waals surface area contributed by atoms with Crippen molar-refractivity contribution >= 4 is 34.8 Å². The Hall–Kier alpha value is -3.11. The molecule has 0 bridgehead atoms. The van der Waals surface area contributed by atoms with Crippen LogP contribution in [0.5, 0.6) is 0 Å². The molecule has 210 valence electrons. The predicted octanol–water partition coefficient (Wildman–Crippen LogP) is 4.26. The molecule has 2 atom stereocenters. The van der Waals surface area contributed by atoms with Gasteiger partial charge in [-0.15, -0.1) is 0 Å². The minimum Gasteiger partial charge on any atom is -0.466 e. The molecular weight excluding hydrogens is 518 g/mol. The molecule has 3 heterocycles. The number of aryl methyl sites for hydroxylation is 2. The van der Waals surface area contributed by atoms with E-state index >= 15 is 0 Å². The number of carbonyl (C=O) groups excluding carboxylic acids is 3. The van der Waals surface area contributed by atoms with Crippen LogP contribution in [0.25, 0.3) is 0 Å². The number of esters is 2. The maximum absolute atomic E-state index is 13.5. The molecule has 0 aromatic heterocycles. The lowest BCUT2D eigenvalue weighted by Gasteiger charge is -2.38. The summed E-state index contributed by atoms with van der Waals surface area (Å²) in [7, 11) is 1.56. The van der Waals surface area contributed by atoms with Gasteiger partial charge in [0, 0.05) is 25.9 Å². The molecule has 0 aliphatic carbocycles. The van der Waals surface area contributed by atoms with Gasteiger partial charge < -0.3 is 24.0 Å². The molecule has 1 saturated heterocycles. The third kappa shape index (κ3) is 6.38. The third-order valence-corrected chi connectivity index (χ3v) is 8.08.